The predicted molar refractivity (Wildman–Crippen MR) is 93.5 cm³/mol. The van der Waals surface area contributed by atoms with Crippen LogP contribution in [0.2, 0.25) is 4.34 Å². The minimum absolute atomic E-state index is 0.109. The van der Waals surface area contributed by atoms with Crippen LogP contribution in [0.25, 0.3) is 11.1 Å². The molecule has 1 aliphatic rings. The van der Waals surface area contributed by atoms with Crippen molar-refractivity contribution in [2.45, 2.75) is 6.42 Å². The van der Waals surface area contributed by atoms with Crippen molar-refractivity contribution in [3.8, 4) is 0 Å². The summed E-state index contributed by atoms with van der Waals surface area (Å²) in [4.78, 5) is 16.8. The first-order valence-corrected chi connectivity index (χ1v) is 9.09. The van der Waals surface area contributed by atoms with Gasteiger partial charge < -0.3 is 9.64 Å². The molecule has 1 aliphatic heterocycles. The highest BCUT2D eigenvalue weighted by atomic mass is 35.5. The molecule has 0 saturated carbocycles. The van der Waals surface area contributed by atoms with Gasteiger partial charge in [0.25, 0.3) is 5.91 Å². The van der Waals surface area contributed by atoms with E-state index in [4.69, 9.17) is 16.3 Å². The second kappa shape index (κ2) is 6.96. The van der Waals surface area contributed by atoms with E-state index in [0.717, 1.165) is 31.7 Å². The van der Waals surface area contributed by atoms with Crippen LogP contribution in [0.1, 0.15) is 16.2 Å². The lowest BCUT2D eigenvalue weighted by atomic mass is 10.1. The number of methoxy groups -OCH3 is 1. The normalized spacial score (nSPS) is 15.2. The molecule has 2 aromatic heterocycles. The highest BCUT2D eigenvalue weighted by Gasteiger charge is 2.32. The zero-order valence-corrected chi connectivity index (χ0v) is 14.6. The van der Waals surface area contributed by atoms with Crippen molar-refractivity contribution in [3.05, 3.63) is 43.7 Å². The molecule has 3 nitrogen and oxygen atoms in total. The summed E-state index contributed by atoms with van der Waals surface area (Å²) in [7, 11) is 1.68. The average molecular weight is 354 g/mol. The number of carbonyl (C=O) groups excluding carboxylic acids is 1. The molecule has 2 aromatic rings. The van der Waals surface area contributed by atoms with Crippen molar-refractivity contribution in [2.75, 3.05) is 26.8 Å². The Morgan fingerprint density at radius 1 is 1.32 bits per heavy atom. The van der Waals surface area contributed by atoms with Crippen molar-refractivity contribution in [1.29, 1.82) is 0 Å². The largest absolute Gasteiger partial charge is 0.385 e. The van der Waals surface area contributed by atoms with Gasteiger partial charge in [0, 0.05) is 42.1 Å². The average Bonchev–Trinajstić information content (AvgIpc) is 3.20. The van der Waals surface area contributed by atoms with Crippen LogP contribution in [0.4, 0.5) is 0 Å². The second-order valence-corrected chi connectivity index (χ2v) is 7.67. The van der Waals surface area contributed by atoms with E-state index in [1.807, 2.05) is 34.5 Å². The summed E-state index contributed by atoms with van der Waals surface area (Å²) in [5.41, 5.74) is 1.91. The molecule has 0 radical (unpaired) electrons. The Hall–Kier alpha value is -1.14. The molecule has 3 rings (SSSR count). The lowest BCUT2D eigenvalue weighted by Crippen LogP contribution is -2.28. The van der Waals surface area contributed by atoms with Crippen LogP contribution >= 0.6 is 34.3 Å². The van der Waals surface area contributed by atoms with E-state index in [-0.39, 0.29) is 5.91 Å². The number of hydrogen-bond donors (Lipinski definition) is 0. The van der Waals surface area contributed by atoms with Gasteiger partial charge >= 0.3 is 0 Å². The quantitative estimate of drug-likeness (QED) is 0.726. The fraction of sp³-hybridized carbons (Fsp3) is 0.312. The highest BCUT2D eigenvalue weighted by molar-refractivity contribution is 7.17. The molecule has 0 spiro atoms. The third-order valence-electron chi connectivity index (χ3n) is 3.57. The van der Waals surface area contributed by atoms with E-state index in [2.05, 4.69) is 0 Å². The summed E-state index contributed by atoms with van der Waals surface area (Å²) in [6, 6.07) is 7.87. The predicted octanol–water partition coefficient (Wildman–Crippen LogP) is 4.25. The molecule has 0 aromatic carbocycles. The Bertz CT molecular complexity index is 691. The minimum atomic E-state index is 0.109. The molecular formula is C16H16ClNO2S2. The maximum Gasteiger partial charge on any atom is 0.255 e. The van der Waals surface area contributed by atoms with E-state index in [1.54, 1.807) is 18.4 Å². The maximum absolute atomic E-state index is 12.8. The fourth-order valence-electron chi connectivity index (χ4n) is 2.56. The highest BCUT2D eigenvalue weighted by Crippen LogP contribution is 2.39. The Kier molecular flexibility index (Phi) is 4.98. The van der Waals surface area contributed by atoms with Crippen molar-refractivity contribution in [2.24, 2.45) is 0 Å². The smallest absolute Gasteiger partial charge is 0.255 e. The monoisotopic (exact) mass is 353 g/mol. The molecule has 0 N–H and O–H groups in total. The Morgan fingerprint density at radius 3 is 2.82 bits per heavy atom. The summed E-state index contributed by atoms with van der Waals surface area (Å²) in [6.07, 6.45) is 0.846. The van der Waals surface area contributed by atoms with Crippen LogP contribution in [0, 0.1) is 0 Å². The molecule has 116 valence electrons. The molecule has 6 heteroatoms. The van der Waals surface area contributed by atoms with Gasteiger partial charge in [0.05, 0.1) is 9.91 Å². The lowest BCUT2D eigenvalue weighted by Gasteiger charge is -2.16. The van der Waals surface area contributed by atoms with Gasteiger partial charge in [0.2, 0.25) is 0 Å². The third-order valence-corrected chi connectivity index (χ3v) is 5.74. The standard InChI is InChI=1S/C16H16ClNO2S2/c1-20-8-3-7-18-10-11(12-5-6-14(17)22-12)15(16(18)19)13-4-2-9-21-13/h2,4-6,9H,3,7-8,10H2,1H3. The minimum Gasteiger partial charge on any atom is -0.385 e. The lowest BCUT2D eigenvalue weighted by molar-refractivity contribution is -0.123. The fourth-order valence-corrected chi connectivity index (χ4v) is 4.44. The van der Waals surface area contributed by atoms with E-state index in [9.17, 15) is 4.79 Å². The Morgan fingerprint density at radius 2 is 2.18 bits per heavy atom. The van der Waals surface area contributed by atoms with Gasteiger partial charge in [0.1, 0.15) is 0 Å². The first-order valence-electron chi connectivity index (χ1n) is 7.01. The molecule has 0 saturated heterocycles. The zero-order chi connectivity index (χ0) is 15.5. The number of ether oxygens (including phenoxy) is 1. The number of halogens is 1. The van der Waals surface area contributed by atoms with Crippen molar-refractivity contribution < 1.29 is 9.53 Å². The molecule has 0 aliphatic carbocycles. The number of amides is 1. The van der Waals surface area contributed by atoms with Gasteiger partial charge in [-0.2, -0.15) is 0 Å². The second-order valence-electron chi connectivity index (χ2n) is 5.01. The molecule has 22 heavy (non-hydrogen) atoms. The van der Waals surface area contributed by atoms with E-state index in [1.165, 1.54) is 11.3 Å². The van der Waals surface area contributed by atoms with Gasteiger partial charge in [-0.25, -0.2) is 0 Å². The van der Waals surface area contributed by atoms with Crippen molar-refractivity contribution in [3.63, 3.8) is 0 Å². The molecule has 0 unspecified atom stereocenters. The van der Waals surface area contributed by atoms with E-state index < -0.39 is 0 Å². The molecule has 0 bridgehead atoms. The number of thiophene rings is 2. The van der Waals surface area contributed by atoms with Crippen LogP contribution < -0.4 is 0 Å². The topological polar surface area (TPSA) is 29.5 Å². The summed E-state index contributed by atoms with van der Waals surface area (Å²) >= 11 is 9.20. The van der Waals surface area contributed by atoms with Crippen LogP contribution in [-0.2, 0) is 9.53 Å². The number of hydrogen-bond acceptors (Lipinski definition) is 4. The number of carbonyl (C=O) groups is 1. The first kappa shape index (κ1) is 15.7. The van der Waals surface area contributed by atoms with Crippen LogP contribution in [-0.4, -0.2) is 37.6 Å². The summed E-state index contributed by atoms with van der Waals surface area (Å²) in [5, 5.41) is 2.00. The molecule has 1 amide bonds. The Labute approximate surface area is 142 Å². The van der Waals surface area contributed by atoms with Gasteiger partial charge in [-0.1, -0.05) is 17.7 Å². The van der Waals surface area contributed by atoms with Gasteiger partial charge in [-0.05, 0) is 30.0 Å². The van der Waals surface area contributed by atoms with E-state index >= 15 is 0 Å². The molecule has 3 heterocycles. The zero-order valence-electron chi connectivity index (χ0n) is 12.2. The number of rotatable bonds is 6. The first-order chi connectivity index (χ1) is 10.7. The molecule has 0 fully saturated rings. The summed E-state index contributed by atoms with van der Waals surface area (Å²) < 4.78 is 5.83. The van der Waals surface area contributed by atoms with Crippen molar-refractivity contribution in [1.82, 2.24) is 4.90 Å². The summed E-state index contributed by atoms with van der Waals surface area (Å²) in [5.74, 6) is 0.109. The van der Waals surface area contributed by atoms with E-state index in [0.29, 0.717) is 19.7 Å². The maximum atomic E-state index is 12.8. The van der Waals surface area contributed by atoms with Crippen LogP contribution in [0.15, 0.2) is 29.6 Å². The molecule has 0 atom stereocenters. The van der Waals surface area contributed by atoms with Crippen molar-refractivity contribution >= 4 is 51.3 Å². The number of nitrogens with zero attached hydrogens (tertiary/aromatic N) is 1. The van der Waals surface area contributed by atoms with Crippen LogP contribution in [0.3, 0.4) is 0 Å². The Balaban J connectivity index is 1.92. The summed E-state index contributed by atoms with van der Waals surface area (Å²) in [6.45, 7) is 2.02. The SMILES string of the molecule is COCCCN1CC(c2ccc(Cl)s2)=C(c2cccs2)C1=O. The van der Waals surface area contributed by atoms with Gasteiger partial charge in [-0.3, -0.25) is 4.79 Å². The van der Waals surface area contributed by atoms with Gasteiger partial charge in [-0.15, -0.1) is 22.7 Å². The molecular weight excluding hydrogens is 338 g/mol. The van der Waals surface area contributed by atoms with Crippen LogP contribution in [0.5, 0.6) is 0 Å². The van der Waals surface area contributed by atoms with Gasteiger partial charge in [0.15, 0.2) is 0 Å². The third kappa shape index (κ3) is 3.13.